The molecule has 1 aliphatic carbocycles. The lowest BCUT2D eigenvalue weighted by atomic mass is 9.83. The maximum Gasteiger partial charge on any atom is 0.226 e. The number of likely N-dealkylation sites (tertiary alicyclic amines) is 1. The van der Waals surface area contributed by atoms with Gasteiger partial charge in [0.25, 0.3) is 0 Å². The van der Waals surface area contributed by atoms with Crippen LogP contribution < -0.4 is 5.73 Å². The summed E-state index contributed by atoms with van der Waals surface area (Å²) in [4.78, 5) is 29.0. The van der Waals surface area contributed by atoms with E-state index >= 15 is 0 Å². The number of fused-ring (bicyclic) bond motifs is 1. The molecule has 184 valence electrons. The van der Waals surface area contributed by atoms with Crippen LogP contribution in [0.3, 0.4) is 0 Å². The largest absolute Gasteiger partial charge is 0.383 e. The second-order valence-electron chi connectivity index (χ2n) is 10.2. The Kier molecular flexibility index (Phi) is 5.34. The Labute approximate surface area is 210 Å². The standard InChI is InChI=1S/C28H30N6O2/c1-4-20-10-11-21(17(2)32-20)24-22(23-25(29)30-16-31-26(23)33(24)3)18-6-8-19(9-7-18)27(35)34-13-5-12-28(34)14-36-15-28/h1,6,10-11,16,19H,5,7-9,12-15H2,2-3H3,(H2,29,30,31)/t19-/m0/s1. The van der Waals surface area contributed by atoms with E-state index in [1.54, 1.807) is 0 Å². The summed E-state index contributed by atoms with van der Waals surface area (Å²) in [6.07, 6.45) is 13.7. The Balaban J connectivity index is 1.40. The predicted molar refractivity (Wildman–Crippen MR) is 139 cm³/mol. The summed E-state index contributed by atoms with van der Waals surface area (Å²) in [5.74, 6) is 3.33. The number of allylic oxidation sites excluding steroid dienone is 2. The molecule has 0 radical (unpaired) electrons. The molecule has 1 atom stereocenters. The number of terminal acetylenes is 1. The number of ether oxygens (including phenoxy) is 1. The van der Waals surface area contributed by atoms with Crippen molar-refractivity contribution in [2.45, 2.75) is 44.6 Å². The molecule has 3 aromatic heterocycles. The van der Waals surface area contributed by atoms with Crippen molar-refractivity contribution < 1.29 is 9.53 Å². The molecule has 1 amide bonds. The third-order valence-electron chi connectivity index (χ3n) is 8.17. The highest BCUT2D eigenvalue weighted by atomic mass is 16.5. The molecule has 8 heteroatoms. The van der Waals surface area contributed by atoms with Gasteiger partial charge >= 0.3 is 0 Å². The van der Waals surface area contributed by atoms with Gasteiger partial charge in [-0.1, -0.05) is 12.0 Å². The van der Waals surface area contributed by atoms with Crippen molar-refractivity contribution in [2.75, 3.05) is 25.5 Å². The van der Waals surface area contributed by atoms with Gasteiger partial charge in [-0.3, -0.25) is 4.79 Å². The van der Waals surface area contributed by atoms with Gasteiger partial charge in [0.05, 0.1) is 29.8 Å². The van der Waals surface area contributed by atoms with Gasteiger partial charge in [-0.15, -0.1) is 6.42 Å². The normalized spacial score (nSPS) is 20.9. The van der Waals surface area contributed by atoms with Crippen molar-refractivity contribution >= 4 is 28.3 Å². The highest BCUT2D eigenvalue weighted by molar-refractivity contribution is 6.04. The van der Waals surface area contributed by atoms with E-state index < -0.39 is 0 Å². The number of rotatable bonds is 3. The molecular weight excluding hydrogens is 452 g/mol. The lowest BCUT2D eigenvalue weighted by Gasteiger charge is -2.46. The van der Waals surface area contributed by atoms with Crippen molar-refractivity contribution in [3.05, 3.63) is 41.5 Å². The molecule has 1 spiro atoms. The number of carbonyl (C=O) groups excluding carboxylic acids is 1. The second kappa shape index (κ2) is 8.45. The van der Waals surface area contributed by atoms with Crippen molar-refractivity contribution in [1.29, 1.82) is 0 Å². The van der Waals surface area contributed by atoms with Crippen molar-refractivity contribution in [3.63, 3.8) is 0 Å². The molecule has 5 heterocycles. The molecule has 0 aromatic carbocycles. The SMILES string of the molecule is C#Cc1ccc(-c2c(C3=CC[C@H](C(=O)N4CCCC45COC5)CC3)c3c(N)ncnc3n2C)c(C)n1. The topological polar surface area (TPSA) is 99.2 Å². The number of nitrogen functional groups attached to an aromatic ring is 1. The molecule has 36 heavy (non-hydrogen) atoms. The highest BCUT2D eigenvalue weighted by Gasteiger charge is 2.50. The summed E-state index contributed by atoms with van der Waals surface area (Å²) in [5, 5.41) is 0.844. The first-order valence-electron chi connectivity index (χ1n) is 12.6. The summed E-state index contributed by atoms with van der Waals surface area (Å²) in [5.41, 5.74) is 12.7. The molecule has 6 rings (SSSR count). The minimum atomic E-state index is -0.0509. The number of aryl methyl sites for hydroxylation is 2. The van der Waals surface area contributed by atoms with Gasteiger partial charge in [-0.05, 0) is 56.7 Å². The quantitative estimate of drug-likeness (QED) is 0.574. The first-order chi connectivity index (χ1) is 17.4. The zero-order chi connectivity index (χ0) is 25.0. The van der Waals surface area contributed by atoms with Crippen molar-refractivity contribution in [1.82, 2.24) is 24.4 Å². The van der Waals surface area contributed by atoms with Crippen molar-refractivity contribution in [2.24, 2.45) is 13.0 Å². The van der Waals surface area contributed by atoms with Crippen LogP contribution in [0, 0.1) is 25.2 Å². The third kappa shape index (κ3) is 3.34. The number of aromatic nitrogens is 4. The monoisotopic (exact) mass is 482 g/mol. The van der Waals surface area contributed by atoms with Crippen LogP contribution in [0.2, 0.25) is 0 Å². The maximum atomic E-state index is 13.5. The van der Waals surface area contributed by atoms with E-state index in [-0.39, 0.29) is 17.4 Å². The second-order valence-corrected chi connectivity index (χ2v) is 10.2. The molecule has 3 aromatic rings. The Morgan fingerprint density at radius 1 is 1.31 bits per heavy atom. The van der Waals surface area contributed by atoms with Crippen LogP contribution in [0.1, 0.15) is 49.1 Å². The minimum absolute atomic E-state index is 0.00494. The number of anilines is 1. The van der Waals surface area contributed by atoms with E-state index in [2.05, 4.69) is 36.4 Å². The molecule has 3 aliphatic rings. The van der Waals surface area contributed by atoms with Gasteiger partial charge in [-0.2, -0.15) is 0 Å². The summed E-state index contributed by atoms with van der Waals surface area (Å²) in [6.45, 7) is 4.16. The predicted octanol–water partition coefficient (Wildman–Crippen LogP) is 3.48. The number of hydrogen-bond acceptors (Lipinski definition) is 6. The van der Waals surface area contributed by atoms with E-state index in [0.717, 1.165) is 65.8 Å². The molecule has 2 aliphatic heterocycles. The zero-order valence-electron chi connectivity index (χ0n) is 20.8. The van der Waals surface area contributed by atoms with Crippen LogP contribution in [-0.2, 0) is 16.6 Å². The smallest absolute Gasteiger partial charge is 0.226 e. The number of nitrogens with two attached hydrogens (primary N) is 1. The Hall–Kier alpha value is -3.70. The molecule has 0 saturated carbocycles. The summed E-state index contributed by atoms with van der Waals surface area (Å²) >= 11 is 0. The molecule has 2 saturated heterocycles. The first kappa shape index (κ1) is 22.7. The first-order valence-corrected chi connectivity index (χ1v) is 12.6. The average molecular weight is 483 g/mol. The van der Waals surface area contributed by atoms with Crippen LogP contribution in [-0.4, -0.2) is 55.6 Å². The molecule has 8 nitrogen and oxygen atoms in total. The van der Waals surface area contributed by atoms with E-state index in [1.807, 2.05) is 26.1 Å². The van der Waals surface area contributed by atoms with Crippen molar-refractivity contribution in [3.8, 4) is 23.6 Å². The number of carbonyl (C=O) groups is 1. The lowest BCUT2D eigenvalue weighted by molar-refractivity contribution is -0.162. The van der Waals surface area contributed by atoms with Crippen LogP contribution in [0.4, 0.5) is 5.82 Å². The third-order valence-corrected chi connectivity index (χ3v) is 8.17. The van der Waals surface area contributed by atoms with Crippen LogP contribution in [0.15, 0.2) is 24.5 Å². The zero-order valence-corrected chi connectivity index (χ0v) is 20.8. The highest BCUT2D eigenvalue weighted by Crippen LogP contribution is 2.44. The average Bonchev–Trinajstić information content (AvgIpc) is 3.45. The van der Waals surface area contributed by atoms with Gasteiger partial charge in [0.2, 0.25) is 5.91 Å². The van der Waals surface area contributed by atoms with Crippen LogP contribution in [0.25, 0.3) is 27.9 Å². The van der Waals surface area contributed by atoms with E-state index in [0.29, 0.717) is 31.1 Å². The van der Waals surface area contributed by atoms with Gasteiger partial charge in [0.15, 0.2) is 0 Å². The van der Waals surface area contributed by atoms with E-state index in [4.69, 9.17) is 16.9 Å². The minimum Gasteiger partial charge on any atom is -0.383 e. The Morgan fingerprint density at radius 3 is 2.81 bits per heavy atom. The molecule has 0 unspecified atom stereocenters. The summed E-state index contributed by atoms with van der Waals surface area (Å²) < 4.78 is 7.55. The Morgan fingerprint density at radius 2 is 2.14 bits per heavy atom. The van der Waals surface area contributed by atoms with Gasteiger partial charge in [0, 0.05) is 36.3 Å². The molecule has 2 fully saturated rings. The van der Waals surface area contributed by atoms with Gasteiger partial charge in [0.1, 0.15) is 23.5 Å². The van der Waals surface area contributed by atoms with E-state index in [9.17, 15) is 4.79 Å². The fraction of sp³-hybridized carbons (Fsp3) is 0.429. The van der Waals surface area contributed by atoms with Crippen LogP contribution >= 0.6 is 0 Å². The maximum absolute atomic E-state index is 13.5. The van der Waals surface area contributed by atoms with Gasteiger partial charge < -0.3 is 19.9 Å². The fourth-order valence-electron chi connectivity index (χ4n) is 6.22. The molecular formula is C28H30N6O2. The van der Waals surface area contributed by atoms with E-state index in [1.165, 1.54) is 11.9 Å². The summed E-state index contributed by atoms with van der Waals surface area (Å²) in [6, 6.07) is 3.88. The Bertz CT molecular complexity index is 1460. The summed E-state index contributed by atoms with van der Waals surface area (Å²) in [7, 11) is 1.99. The number of nitrogens with zero attached hydrogens (tertiary/aromatic N) is 5. The molecule has 2 N–H and O–H groups in total. The fourth-order valence-corrected chi connectivity index (χ4v) is 6.22. The lowest BCUT2D eigenvalue weighted by Crippen LogP contribution is -2.61. The van der Waals surface area contributed by atoms with Crippen LogP contribution in [0.5, 0.6) is 0 Å². The molecule has 0 bridgehead atoms. The number of amides is 1. The van der Waals surface area contributed by atoms with Gasteiger partial charge in [-0.25, -0.2) is 15.0 Å². The number of hydrogen-bond donors (Lipinski definition) is 1. The number of pyridine rings is 1.